The monoisotopic (exact) mass is 461 g/mol. The minimum atomic E-state index is -3.62. The van der Waals surface area contributed by atoms with Crippen molar-refractivity contribution < 1.29 is 17.9 Å². The van der Waals surface area contributed by atoms with Crippen LogP contribution in [0.4, 0.5) is 0 Å². The van der Waals surface area contributed by atoms with Crippen LogP contribution < -0.4 is 14.2 Å². The molecule has 0 unspecified atom stereocenters. The standard InChI is InChI=1S/C17H20INO4S/c1-4-23-14-7-5-13(6-8-14)12(2)19-24(20,21)15-9-10-17(22-3)16(18)11-15/h5-12,19H,4H2,1-3H3/t12-/m1/s1. The second kappa shape index (κ2) is 8.17. The van der Waals surface area contributed by atoms with Crippen LogP contribution in [0.2, 0.25) is 0 Å². The molecule has 0 spiro atoms. The Morgan fingerprint density at radius 2 is 1.83 bits per heavy atom. The number of rotatable bonds is 7. The second-order valence-electron chi connectivity index (χ2n) is 5.14. The van der Waals surface area contributed by atoms with Crippen molar-refractivity contribution in [2.24, 2.45) is 0 Å². The van der Waals surface area contributed by atoms with E-state index in [0.29, 0.717) is 12.4 Å². The number of hydrogen-bond acceptors (Lipinski definition) is 4. The maximum absolute atomic E-state index is 12.6. The Labute approximate surface area is 156 Å². The third kappa shape index (κ3) is 4.61. The van der Waals surface area contributed by atoms with Crippen molar-refractivity contribution in [3.8, 4) is 11.5 Å². The van der Waals surface area contributed by atoms with E-state index in [4.69, 9.17) is 9.47 Å². The molecule has 0 aliphatic heterocycles. The SMILES string of the molecule is CCOc1ccc([C@@H](C)NS(=O)(=O)c2ccc(OC)c(I)c2)cc1. The summed E-state index contributed by atoms with van der Waals surface area (Å²) in [5, 5.41) is 0. The van der Waals surface area contributed by atoms with Gasteiger partial charge >= 0.3 is 0 Å². The zero-order valence-corrected chi connectivity index (χ0v) is 16.7. The molecule has 0 heterocycles. The highest BCUT2D eigenvalue weighted by atomic mass is 127. The van der Waals surface area contributed by atoms with Gasteiger partial charge in [0.25, 0.3) is 0 Å². The fraction of sp³-hybridized carbons (Fsp3) is 0.294. The van der Waals surface area contributed by atoms with Gasteiger partial charge in [0.05, 0.1) is 22.2 Å². The molecule has 0 amide bonds. The maximum atomic E-state index is 12.6. The number of hydrogen-bond donors (Lipinski definition) is 1. The summed E-state index contributed by atoms with van der Waals surface area (Å²) in [6.45, 7) is 4.32. The van der Waals surface area contributed by atoms with Crippen molar-refractivity contribution in [3.63, 3.8) is 0 Å². The summed E-state index contributed by atoms with van der Waals surface area (Å²) < 4.78 is 39.1. The van der Waals surface area contributed by atoms with Crippen LogP contribution in [0, 0.1) is 3.57 Å². The molecule has 2 rings (SSSR count). The first-order chi connectivity index (χ1) is 11.4. The van der Waals surface area contributed by atoms with Crippen molar-refractivity contribution in [1.82, 2.24) is 4.72 Å². The van der Waals surface area contributed by atoms with Gasteiger partial charge in [-0.1, -0.05) is 12.1 Å². The molecule has 0 aliphatic rings. The Morgan fingerprint density at radius 1 is 1.17 bits per heavy atom. The van der Waals surface area contributed by atoms with Crippen LogP contribution >= 0.6 is 22.6 Å². The van der Waals surface area contributed by atoms with Crippen molar-refractivity contribution in [3.05, 3.63) is 51.6 Å². The summed E-state index contributed by atoms with van der Waals surface area (Å²) in [6.07, 6.45) is 0. The summed E-state index contributed by atoms with van der Waals surface area (Å²) in [5.41, 5.74) is 0.866. The topological polar surface area (TPSA) is 64.6 Å². The molecule has 1 N–H and O–H groups in total. The highest BCUT2D eigenvalue weighted by molar-refractivity contribution is 14.1. The van der Waals surface area contributed by atoms with Crippen molar-refractivity contribution in [2.75, 3.05) is 13.7 Å². The lowest BCUT2D eigenvalue weighted by molar-refractivity contribution is 0.340. The summed E-state index contributed by atoms with van der Waals surface area (Å²) in [6, 6.07) is 11.8. The Bertz CT molecular complexity index is 791. The summed E-state index contributed by atoms with van der Waals surface area (Å²) in [4.78, 5) is 0.213. The van der Waals surface area contributed by atoms with E-state index in [1.165, 1.54) is 6.07 Å². The number of methoxy groups -OCH3 is 1. The molecule has 2 aromatic rings. The summed E-state index contributed by atoms with van der Waals surface area (Å²) >= 11 is 2.05. The molecule has 130 valence electrons. The Kier molecular flexibility index (Phi) is 6.47. The minimum Gasteiger partial charge on any atom is -0.496 e. The van der Waals surface area contributed by atoms with E-state index in [-0.39, 0.29) is 10.9 Å². The molecule has 1 atom stereocenters. The molecule has 0 bridgehead atoms. The van der Waals surface area contributed by atoms with Crippen LogP contribution in [-0.2, 0) is 10.0 Å². The Hall–Kier alpha value is -1.32. The quantitative estimate of drug-likeness (QED) is 0.639. The third-order valence-electron chi connectivity index (χ3n) is 3.46. The average molecular weight is 461 g/mol. The number of nitrogens with one attached hydrogen (secondary N) is 1. The van der Waals surface area contributed by atoms with Gasteiger partial charge in [0.1, 0.15) is 11.5 Å². The lowest BCUT2D eigenvalue weighted by atomic mass is 10.1. The van der Waals surface area contributed by atoms with Gasteiger partial charge in [0.2, 0.25) is 10.0 Å². The van der Waals surface area contributed by atoms with E-state index in [2.05, 4.69) is 27.3 Å². The highest BCUT2D eigenvalue weighted by Crippen LogP contribution is 2.25. The van der Waals surface area contributed by atoms with Crippen molar-refractivity contribution >= 4 is 32.6 Å². The predicted octanol–water partition coefficient (Wildman–Crippen LogP) is 3.74. The molecule has 24 heavy (non-hydrogen) atoms. The van der Waals surface area contributed by atoms with Gasteiger partial charge < -0.3 is 9.47 Å². The Balaban J connectivity index is 2.17. The maximum Gasteiger partial charge on any atom is 0.241 e. The third-order valence-corrected chi connectivity index (χ3v) is 5.84. The van der Waals surface area contributed by atoms with E-state index in [1.54, 1.807) is 19.2 Å². The molecule has 0 fully saturated rings. The molecule has 0 aromatic heterocycles. The fourth-order valence-corrected chi connectivity index (χ4v) is 4.41. The number of halogens is 1. The van der Waals surface area contributed by atoms with Gasteiger partial charge in [-0.05, 0) is 72.3 Å². The number of benzene rings is 2. The first kappa shape index (κ1) is 19.0. The van der Waals surface area contributed by atoms with E-state index in [0.717, 1.165) is 14.9 Å². The van der Waals surface area contributed by atoms with Crippen molar-refractivity contribution in [2.45, 2.75) is 24.8 Å². The van der Waals surface area contributed by atoms with Gasteiger partial charge in [0, 0.05) is 6.04 Å². The first-order valence-corrected chi connectivity index (χ1v) is 10.0. The fourth-order valence-electron chi connectivity index (χ4n) is 2.20. The van der Waals surface area contributed by atoms with E-state index < -0.39 is 10.0 Å². The van der Waals surface area contributed by atoms with Crippen LogP contribution in [0.15, 0.2) is 47.4 Å². The number of ether oxygens (including phenoxy) is 2. The zero-order chi connectivity index (χ0) is 17.7. The first-order valence-electron chi connectivity index (χ1n) is 7.46. The van der Waals surface area contributed by atoms with Crippen molar-refractivity contribution in [1.29, 1.82) is 0 Å². The van der Waals surface area contributed by atoms with Crippen LogP contribution in [0.25, 0.3) is 0 Å². The number of sulfonamides is 1. The van der Waals surface area contributed by atoms with Gasteiger partial charge in [-0.15, -0.1) is 0 Å². The molecule has 2 aromatic carbocycles. The molecule has 5 nitrogen and oxygen atoms in total. The minimum absolute atomic E-state index is 0.213. The molecule has 0 radical (unpaired) electrons. The van der Waals surface area contributed by atoms with Gasteiger partial charge in [0.15, 0.2) is 0 Å². The molecular weight excluding hydrogens is 441 g/mol. The average Bonchev–Trinajstić information content (AvgIpc) is 2.55. The molecule has 0 aliphatic carbocycles. The van der Waals surface area contributed by atoms with Crippen LogP contribution in [0.5, 0.6) is 11.5 Å². The molecular formula is C17H20INO4S. The zero-order valence-electron chi connectivity index (χ0n) is 13.7. The lowest BCUT2D eigenvalue weighted by Crippen LogP contribution is -2.27. The second-order valence-corrected chi connectivity index (χ2v) is 8.02. The predicted molar refractivity (Wildman–Crippen MR) is 102 cm³/mol. The van der Waals surface area contributed by atoms with Gasteiger partial charge in [-0.3, -0.25) is 0 Å². The van der Waals surface area contributed by atoms with E-state index in [9.17, 15) is 8.42 Å². The van der Waals surface area contributed by atoms with E-state index in [1.807, 2.05) is 38.1 Å². The molecule has 7 heteroatoms. The lowest BCUT2D eigenvalue weighted by Gasteiger charge is -2.16. The van der Waals surface area contributed by atoms with Crippen LogP contribution in [0.3, 0.4) is 0 Å². The van der Waals surface area contributed by atoms with Crippen LogP contribution in [-0.4, -0.2) is 22.1 Å². The van der Waals surface area contributed by atoms with Crippen LogP contribution in [0.1, 0.15) is 25.5 Å². The summed E-state index contributed by atoms with van der Waals surface area (Å²) in [5.74, 6) is 1.41. The van der Waals surface area contributed by atoms with E-state index >= 15 is 0 Å². The molecule has 0 saturated carbocycles. The van der Waals surface area contributed by atoms with Gasteiger partial charge in [-0.25, -0.2) is 13.1 Å². The molecule has 0 saturated heterocycles. The Morgan fingerprint density at radius 3 is 2.38 bits per heavy atom. The highest BCUT2D eigenvalue weighted by Gasteiger charge is 2.19. The largest absolute Gasteiger partial charge is 0.496 e. The van der Waals surface area contributed by atoms with Gasteiger partial charge in [-0.2, -0.15) is 0 Å². The smallest absolute Gasteiger partial charge is 0.241 e. The normalized spacial score (nSPS) is 12.7. The summed E-state index contributed by atoms with van der Waals surface area (Å²) in [7, 11) is -2.06.